The number of pyridine rings is 3. The van der Waals surface area contributed by atoms with Crippen LogP contribution in [0.3, 0.4) is 0 Å². The minimum Gasteiger partial charge on any atom is -0.459 e. The highest BCUT2D eigenvalue weighted by atomic mass is 32.1. The summed E-state index contributed by atoms with van der Waals surface area (Å²) in [6.45, 7) is 12.7. The molecular formula is C72H78N14O13S2. The molecule has 13 rings (SSSR count). The van der Waals surface area contributed by atoms with E-state index >= 15 is 0 Å². The minimum atomic E-state index is -0.623. The number of hydrogen-bond donors (Lipinski definition) is 0. The van der Waals surface area contributed by atoms with E-state index in [0.717, 1.165) is 22.3 Å². The maximum Gasteiger partial charge on any atom is 0.357 e. The minimum absolute atomic E-state index is 0.0287. The molecule has 3 aliphatic rings. The van der Waals surface area contributed by atoms with E-state index in [2.05, 4.69) is 0 Å². The number of aromatic nitrogens is 3. The number of nitrogens with zero attached hydrogens (tertiary/aromatic N) is 14. The number of carbonyl (C=O) groups excluding carboxylic acids is 3. The van der Waals surface area contributed by atoms with Crippen LogP contribution in [0.4, 0.5) is 34.1 Å². The molecule has 0 radical (unpaired) electrons. The van der Waals surface area contributed by atoms with Crippen LogP contribution in [0.25, 0.3) is 32.7 Å². The molecule has 0 atom stereocenters. The first-order valence-corrected chi connectivity index (χ1v) is 34.8. The number of amides is 3. The molecule has 101 heavy (non-hydrogen) atoms. The molecule has 0 saturated carbocycles. The third-order valence-electron chi connectivity index (χ3n) is 18.2. The Hall–Kier alpha value is -10.9. The number of rotatable bonds is 17. The van der Waals surface area contributed by atoms with E-state index in [0.29, 0.717) is 164 Å². The Morgan fingerprint density at radius 2 is 0.802 bits per heavy atom. The lowest BCUT2D eigenvalue weighted by atomic mass is 10.1. The number of hydrogen-bond acceptors (Lipinski definition) is 20. The fraction of sp³-hybridized carbons (Fsp3) is 0.333. The number of piperazine rings is 3. The molecule has 3 aliphatic heterocycles. The highest BCUT2D eigenvalue weighted by Gasteiger charge is 2.37. The van der Waals surface area contributed by atoms with Gasteiger partial charge >= 0.3 is 33.7 Å². The van der Waals surface area contributed by atoms with Gasteiger partial charge in [-0.3, -0.25) is 63.7 Å². The van der Waals surface area contributed by atoms with Gasteiger partial charge in [-0.1, -0.05) is 77.4 Å². The number of nitro groups is 3. The van der Waals surface area contributed by atoms with Gasteiger partial charge in [-0.15, -0.1) is 22.7 Å². The molecular weight excluding hydrogens is 1330 g/mol. The lowest BCUT2D eigenvalue weighted by Gasteiger charge is -2.36. The summed E-state index contributed by atoms with van der Waals surface area (Å²) < 4.78 is 9.70. The quantitative estimate of drug-likeness (QED) is 0.0605. The molecule has 0 N–H and O–H groups in total. The molecule has 0 aliphatic carbocycles. The Morgan fingerprint density at radius 1 is 0.446 bits per heavy atom. The summed E-state index contributed by atoms with van der Waals surface area (Å²) in [6.07, 6.45) is 1.45. The lowest BCUT2D eigenvalue weighted by Crippen LogP contribution is -2.49. The fourth-order valence-corrected chi connectivity index (χ4v) is 14.5. The first-order chi connectivity index (χ1) is 48.5. The molecule has 9 heterocycles. The molecule has 0 spiro atoms. The Kier molecular flexibility index (Phi) is 22.0. The van der Waals surface area contributed by atoms with Gasteiger partial charge in [0.25, 0.3) is 17.7 Å². The van der Waals surface area contributed by atoms with Crippen molar-refractivity contribution in [2.24, 2.45) is 0 Å². The first kappa shape index (κ1) is 71.4. The van der Waals surface area contributed by atoms with Gasteiger partial charge in [0.1, 0.15) is 17.1 Å². The number of furan rings is 1. The fourth-order valence-electron chi connectivity index (χ4n) is 13.1. The number of likely N-dealkylation sites (N-methyl/N-ethyl adjacent to an activating group) is 2. The van der Waals surface area contributed by atoms with E-state index < -0.39 is 48.5 Å². The van der Waals surface area contributed by atoms with Gasteiger partial charge in [-0.25, -0.2) is 0 Å². The zero-order chi connectivity index (χ0) is 71.9. The number of thiophene rings is 2. The Balaban J connectivity index is 0.000000153. The van der Waals surface area contributed by atoms with Crippen molar-refractivity contribution >= 4 is 107 Å². The number of anilines is 3. The van der Waals surface area contributed by atoms with Gasteiger partial charge in [0.15, 0.2) is 5.76 Å². The summed E-state index contributed by atoms with van der Waals surface area (Å²) in [4.78, 5) is 129. The van der Waals surface area contributed by atoms with Crippen LogP contribution in [0.2, 0.25) is 0 Å². The number of aryl methyl sites for hydroxylation is 3. The van der Waals surface area contributed by atoms with Crippen molar-refractivity contribution in [2.45, 2.75) is 40.4 Å². The summed E-state index contributed by atoms with van der Waals surface area (Å²) in [5.41, 5.74) is 3.71. The monoisotopic (exact) mass is 1410 g/mol. The third kappa shape index (κ3) is 15.5. The normalized spacial score (nSPS) is 14.1. The molecule has 3 fully saturated rings. The molecule has 3 amide bonds. The van der Waals surface area contributed by atoms with Crippen LogP contribution < -0.4 is 31.4 Å². The van der Waals surface area contributed by atoms with E-state index in [1.165, 1.54) is 42.6 Å². The van der Waals surface area contributed by atoms with Crippen LogP contribution in [0.5, 0.6) is 0 Å². The molecule has 10 aromatic rings. The predicted octanol–water partition coefficient (Wildman–Crippen LogP) is 9.43. The van der Waals surface area contributed by atoms with Gasteiger partial charge in [0.05, 0.1) is 53.9 Å². The maximum absolute atomic E-state index is 13.5. The van der Waals surface area contributed by atoms with Crippen molar-refractivity contribution in [3.8, 4) is 0 Å². The largest absolute Gasteiger partial charge is 0.459 e. The number of carbonyl (C=O) groups is 3. The summed E-state index contributed by atoms with van der Waals surface area (Å²) in [6, 6.07) is 37.0. The zero-order valence-electron chi connectivity index (χ0n) is 57.2. The molecule has 0 unspecified atom stereocenters. The van der Waals surface area contributed by atoms with Crippen molar-refractivity contribution in [3.63, 3.8) is 0 Å². The van der Waals surface area contributed by atoms with Crippen LogP contribution in [0.1, 0.15) is 52.2 Å². The number of fused-ring (bicyclic) bond motifs is 3. The lowest BCUT2D eigenvalue weighted by molar-refractivity contribution is -0.385. The molecule has 27 nitrogen and oxygen atoms in total. The van der Waals surface area contributed by atoms with Crippen LogP contribution in [-0.4, -0.2) is 191 Å². The number of benzene rings is 4. The average Bonchev–Trinajstić information content (AvgIpc) is 1.75. The topological polar surface area (TPSA) is 286 Å². The Labute approximate surface area is 588 Å². The summed E-state index contributed by atoms with van der Waals surface area (Å²) in [7, 11) is 7.58. The standard InChI is InChI=1S/C26H24N4O4S.C23H27N5O5.C23H27N5O4S/c1-18-9-10-21-20(16-18)23(27-11-13-28(14-12-27)25(31)22-8-5-15-35-22)24(30(33)34)26(32)29(21)17-19-6-3-2-4-7-19;2*1-16-6-7-18-17(15-16)20(21(28(31)32)23(30)27(18)13-8-24(2)3)25-9-11-26(12-10-25)22(29)19-5-4-14-33-19/h2-10,15-16H,11-14,17H2,1H3;2*4-7,14-15H,8-13H2,1-3H3. The second-order valence-electron chi connectivity index (χ2n) is 25.6. The average molecular weight is 1410 g/mol. The van der Waals surface area contributed by atoms with E-state index in [-0.39, 0.29) is 30.0 Å². The highest BCUT2D eigenvalue weighted by molar-refractivity contribution is 7.12. The van der Waals surface area contributed by atoms with E-state index in [1.54, 1.807) is 39.0 Å². The second kappa shape index (κ2) is 31.1. The van der Waals surface area contributed by atoms with Gasteiger partial charge < -0.3 is 52.8 Å². The van der Waals surface area contributed by atoms with Crippen LogP contribution in [-0.2, 0) is 19.6 Å². The van der Waals surface area contributed by atoms with Crippen LogP contribution in [0.15, 0.2) is 157 Å². The molecule has 6 aromatic heterocycles. The van der Waals surface area contributed by atoms with Crippen molar-refractivity contribution in [2.75, 3.05) is 135 Å². The smallest absolute Gasteiger partial charge is 0.357 e. The van der Waals surface area contributed by atoms with Gasteiger partial charge in [-0.2, -0.15) is 0 Å². The van der Waals surface area contributed by atoms with E-state index in [9.17, 15) is 59.1 Å². The second-order valence-corrected chi connectivity index (χ2v) is 27.5. The van der Waals surface area contributed by atoms with Crippen molar-refractivity contribution < 1.29 is 33.6 Å². The Morgan fingerprint density at radius 3 is 1.13 bits per heavy atom. The van der Waals surface area contributed by atoms with Crippen molar-refractivity contribution in [1.82, 2.24) is 38.2 Å². The highest BCUT2D eigenvalue weighted by Crippen LogP contribution is 2.39. The van der Waals surface area contributed by atoms with Crippen LogP contribution >= 0.6 is 22.7 Å². The van der Waals surface area contributed by atoms with Gasteiger partial charge in [-0.05, 0) is 126 Å². The molecule has 526 valence electrons. The summed E-state index contributed by atoms with van der Waals surface area (Å²) >= 11 is 2.80. The molecule has 3 saturated heterocycles. The molecule has 0 bridgehead atoms. The van der Waals surface area contributed by atoms with E-state index in [1.807, 2.05) is 181 Å². The molecule has 4 aromatic carbocycles. The third-order valence-corrected chi connectivity index (χ3v) is 19.9. The summed E-state index contributed by atoms with van der Waals surface area (Å²) in [5.74, 6) is -0.0139. The SMILES string of the molecule is Cc1ccc2c(c1)c(N1CCN(C(=O)c3ccco3)CC1)c([N+](=O)[O-])c(=O)n2CCN(C)C.Cc1ccc2c(c1)c(N1CCN(C(=O)c3cccs3)CC1)c([N+](=O)[O-])c(=O)n2CCN(C)C.Cc1ccc2c(c1)c(N1CCN(C(=O)c3cccs3)CC1)c([N+](=O)[O-])c(=O)n2Cc1ccccc1. The van der Waals surface area contributed by atoms with Gasteiger partial charge in [0.2, 0.25) is 0 Å². The van der Waals surface area contributed by atoms with Crippen molar-refractivity contribution in [3.05, 3.63) is 238 Å². The van der Waals surface area contributed by atoms with Crippen LogP contribution in [0, 0.1) is 51.1 Å². The van der Waals surface area contributed by atoms with E-state index in [4.69, 9.17) is 4.42 Å². The first-order valence-electron chi connectivity index (χ1n) is 33.0. The Bertz CT molecular complexity index is 4720. The van der Waals surface area contributed by atoms with Gasteiger partial charge in [0, 0.05) is 121 Å². The summed E-state index contributed by atoms with van der Waals surface area (Å²) in [5, 5.41) is 42.3. The zero-order valence-corrected chi connectivity index (χ0v) is 58.8. The maximum atomic E-state index is 13.5. The predicted molar refractivity (Wildman–Crippen MR) is 393 cm³/mol. The molecule has 29 heteroatoms. The van der Waals surface area contributed by atoms with Crippen molar-refractivity contribution in [1.29, 1.82) is 0 Å².